The standard InChI is InChI=1S/C25H26N4O4/c1-29(2)18-7-5-17(6-8-18)25(30)26-24-22-10-9-19(14-23(22)27-28-24)33-15-16-11-20(31-3)13-21(12-16)32-4/h5-14H,15H2,1-4H3,(H2,26,27,28,30). The van der Waals surface area contributed by atoms with E-state index in [4.69, 9.17) is 14.2 Å². The Morgan fingerprint density at radius 3 is 2.27 bits per heavy atom. The molecular formula is C25H26N4O4. The van der Waals surface area contributed by atoms with E-state index in [9.17, 15) is 4.79 Å². The van der Waals surface area contributed by atoms with E-state index in [1.165, 1.54) is 0 Å². The van der Waals surface area contributed by atoms with E-state index in [2.05, 4.69) is 15.5 Å². The molecule has 0 unspecified atom stereocenters. The van der Waals surface area contributed by atoms with E-state index in [0.717, 1.165) is 22.2 Å². The molecule has 2 N–H and O–H groups in total. The highest BCUT2D eigenvalue weighted by Gasteiger charge is 2.12. The first kappa shape index (κ1) is 22.0. The summed E-state index contributed by atoms with van der Waals surface area (Å²) in [5.74, 6) is 2.32. The van der Waals surface area contributed by atoms with Gasteiger partial charge in [0.25, 0.3) is 5.91 Å². The SMILES string of the molecule is COc1cc(COc2ccc3c(NC(=O)c4ccc(N(C)C)cc4)n[nH]c3c2)cc(OC)c1. The predicted octanol–water partition coefficient (Wildman–Crippen LogP) is 4.48. The van der Waals surface area contributed by atoms with Crippen molar-refractivity contribution < 1.29 is 19.0 Å². The summed E-state index contributed by atoms with van der Waals surface area (Å²) >= 11 is 0. The van der Waals surface area contributed by atoms with Gasteiger partial charge in [-0.1, -0.05) is 0 Å². The molecule has 0 spiro atoms. The van der Waals surface area contributed by atoms with E-state index in [1.54, 1.807) is 26.4 Å². The van der Waals surface area contributed by atoms with Gasteiger partial charge in [-0.15, -0.1) is 0 Å². The Kier molecular flexibility index (Phi) is 6.35. The van der Waals surface area contributed by atoms with Crippen molar-refractivity contribution in [3.8, 4) is 17.2 Å². The van der Waals surface area contributed by atoms with Crippen molar-refractivity contribution in [2.24, 2.45) is 0 Å². The van der Waals surface area contributed by atoms with Crippen molar-refractivity contribution in [3.63, 3.8) is 0 Å². The van der Waals surface area contributed by atoms with Crippen LogP contribution in [0.25, 0.3) is 10.9 Å². The largest absolute Gasteiger partial charge is 0.497 e. The molecule has 0 aliphatic rings. The number of benzene rings is 3. The lowest BCUT2D eigenvalue weighted by Gasteiger charge is -2.12. The van der Waals surface area contributed by atoms with Crippen LogP contribution in [0.5, 0.6) is 17.2 Å². The first-order valence-electron chi connectivity index (χ1n) is 10.4. The molecule has 0 saturated carbocycles. The number of H-pyrrole nitrogens is 1. The van der Waals surface area contributed by atoms with Crippen molar-refractivity contribution in [1.29, 1.82) is 0 Å². The molecule has 8 nitrogen and oxygen atoms in total. The molecule has 3 aromatic carbocycles. The molecule has 4 aromatic rings. The second-order valence-electron chi connectivity index (χ2n) is 7.68. The third kappa shape index (κ3) is 5.01. The van der Waals surface area contributed by atoms with Crippen LogP contribution >= 0.6 is 0 Å². The number of ether oxygens (including phenoxy) is 3. The summed E-state index contributed by atoms with van der Waals surface area (Å²) in [6.45, 7) is 0.347. The molecule has 1 heterocycles. The van der Waals surface area contributed by atoms with Gasteiger partial charge in [0.1, 0.15) is 23.9 Å². The zero-order valence-corrected chi connectivity index (χ0v) is 19.0. The number of hydrogen-bond acceptors (Lipinski definition) is 6. The minimum absolute atomic E-state index is 0.221. The van der Waals surface area contributed by atoms with Crippen molar-refractivity contribution in [3.05, 3.63) is 71.8 Å². The van der Waals surface area contributed by atoms with E-state index in [1.807, 2.05) is 67.5 Å². The molecule has 0 bridgehead atoms. The summed E-state index contributed by atoms with van der Waals surface area (Å²) in [4.78, 5) is 14.6. The Hall–Kier alpha value is -4.20. The molecule has 0 aliphatic carbocycles. The van der Waals surface area contributed by atoms with Crippen LogP contribution in [0.3, 0.4) is 0 Å². The van der Waals surface area contributed by atoms with Crippen LogP contribution in [0.2, 0.25) is 0 Å². The van der Waals surface area contributed by atoms with Crippen molar-refractivity contribution >= 4 is 28.3 Å². The van der Waals surface area contributed by atoms with Gasteiger partial charge in [0, 0.05) is 42.9 Å². The van der Waals surface area contributed by atoms with Crippen molar-refractivity contribution in [2.45, 2.75) is 6.61 Å². The third-order valence-corrected chi connectivity index (χ3v) is 5.23. The lowest BCUT2D eigenvalue weighted by Crippen LogP contribution is -2.13. The van der Waals surface area contributed by atoms with Crippen LogP contribution in [-0.4, -0.2) is 44.4 Å². The fraction of sp³-hybridized carbons (Fsp3) is 0.200. The highest BCUT2D eigenvalue weighted by Crippen LogP contribution is 2.27. The maximum atomic E-state index is 12.6. The number of nitrogens with one attached hydrogen (secondary N) is 2. The van der Waals surface area contributed by atoms with Crippen LogP contribution in [0, 0.1) is 0 Å². The lowest BCUT2D eigenvalue weighted by atomic mass is 10.2. The molecule has 33 heavy (non-hydrogen) atoms. The van der Waals surface area contributed by atoms with Crippen molar-refractivity contribution in [1.82, 2.24) is 10.2 Å². The number of nitrogens with zero attached hydrogens (tertiary/aromatic N) is 2. The maximum Gasteiger partial charge on any atom is 0.256 e. The van der Waals surface area contributed by atoms with Gasteiger partial charge in [-0.2, -0.15) is 5.10 Å². The Morgan fingerprint density at radius 2 is 1.64 bits per heavy atom. The molecule has 0 atom stereocenters. The van der Waals surface area contributed by atoms with E-state index in [0.29, 0.717) is 35.2 Å². The molecule has 4 rings (SSSR count). The van der Waals surface area contributed by atoms with Gasteiger partial charge in [0.05, 0.1) is 19.7 Å². The molecule has 170 valence electrons. The normalized spacial score (nSPS) is 10.7. The van der Waals surface area contributed by atoms with Crippen LogP contribution in [-0.2, 0) is 6.61 Å². The molecule has 0 aliphatic heterocycles. The summed E-state index contributed by atoms with van der Waals surface area (Å²) in [5, 5.41) is 10.9. The fourth-order valence-electron chi connectivity index (χ4n) is 3.39. The Morgan fingerprint density at radius 1 is 0.939 bits per heavy atom. The first-order valence-corrected chi connectivity index (χ1v) is 10.4. The zero-order chi connectivity index (χ0) is 23.4. The number of aromatic amines is 1. The average molecular weight is 447 g/mol. The van der Waals surface area contributed by atoms with Crippen LogP contribution in [0.4, 0.5) is 11.5 Å². The highest BCUT2D eigenvalue weighted by atomic mass is 16.5. The fourth-order valence-corrected chi connectivity index (χ4v) is 3.39. The molecular weight excluding hydrogens is 420 g/mol. The maximum absolute atomic E-state index is 12.6. The number of methoxy groups -OCH3 is 2. The molecule has 8 heteroatoms. The number of aromatic nitrogens is 2. The first-order chi connectivity index (χ1) is 16.0. The summed E-state index contributed by atoms with van der Waals surface area (Å²) in [5.41, 5.74) is 3.26. The number of rotatable bonds is 8. The van der Waals surface area contributed by atoms with Gasteiger partial charge in [-0.3, -0.25) is 9.89 Å². The minimum atomic E-state index is -0.221. The van der Waals surface area contributed by atoms with E-state index in [-0.39, 0.29) is 5.91 Å². The quantitative estimate of drug-likeness (QED) is 0.415. The Bertz CT molecular complexity index is 1240. The van der Waals surface area contributed by atoms with Gasteiger partial charge in [0.15, 0.2) is 5.82 Å². The summed E-state index contributed by atoms with van der Waals surface area (Å²) < 4.78 is 16.5. The van der Waals surface area contributed by atoms with Crippen LogP contribution in [0.15, 0.2) is 60.7 Å². The molecule has 0 fully saturated rings. The Balaban J connectivity index is 1.45. The topological polar surface area (TPSA) is 88.7 Å². The van der Waals surface area contributed by atoms with Gasteiger partial charge in [0.2, 0.25) is 0 Å². The molecule has 0 saturated heterocycles. The minimum Gasteiger partial charge on any atom is -0.497 e. The number of carbonyl (C=O) groups is 1. The van der Waals surface area contributed by atoms with E-state index < -0.39 is 0 Å². The molecule has 0 radical (unpaired) electrons. The van der Waals surface area contributed by atoms with Crippen LogP contribution < -0.4 is 24.4 Å². The number of hydrogen-bond donors (Lipinski definition) is 2. The van der Waals surface area contributed by atoms with Crippen molar-refractivity contribution in [2.75, 3.05) is 38.5 Å². The predicted molar refractivity (Wildman–Crippen MR) is 129 cm³/mol. The van der Waals surface area contributed by atoms with Gasteiger partial charge in [-0.25, -0.2) is 0 Å². The number of fused-ring (bicyclic) bond motifs is 1. The smallest absolute Gasteiger partial charge is 0.256 e. The molecule has 1 amide bonds. The third-order valence-electron chi connectivity index (χ3n) is 5.23. The van der Waals surface area contributed by atoms with Gasteiger partial charge in [-0.05, 0) is 54.1 Å². The summed E-state index contributed by atoms with van der Waals surface area (Å²) in [7, 11) is 7.13. The van der Waals surface area contributed by atoms with Gasteiger partial charge >= 0.3 is 0 Å². The second kappa shape index (κ2) is 9.52. The van der Waals surface area contributed by atoms with E-state index >= 15 is 0 Å². The Labute approximate surface area is 192 Å². The summed E-state index contributed by atoms with van der Waals surface area (Å²) in [6, 6.07) is 18.6. The zero-order valence-electron chi connectivity index (χ0n) is 19.0. The lowest BCUT2D eigenvalue weighted by molar-refractivity contribution is 0.102. The number of carbonyl (C=O) groups excluding carboxylic acids is 1. The second-order valence-corrected chi connectivity index (χ2v) is 7.68. The monoisotopic (exact) mass is 446 g/mol. The van der Waals surface area contributed by atoms with Crippen LogP contribution in [0.1, 0.15) is 15.9 Å². The molecule has 1 aromatic heterocycles. The highest BCUT2D eigenvalue weighted by molar-refractivity contribution is 6.08. The average Bonchev–Trinajstić information content (AvgIpc) is 3.24. The van der Waals surface area contributed by atoms with Gasteiger partial charge < -0.3 is 24.4 Å². The number of anilines is 2. The number of amides is 1. The summed E-state index contributed by atoms with van der Waals surface area (Å²) in [6.07, 6.45) is 0.